The zero-order valence-electron chi connectivity index (χ0n) is 19.6. The first-order valence-electron chi connectivity index (χ1n) is 11.5. The van der Waals surface area contributed by atoms with E-state index < -0.39 is 0 Å². The van der Waals surface area contributed by atoms with E-state index in [4.69, 9.17) is 14.2 Å². The van der Waals surface area contributed by atoms with Crippen LogP contribution in [0.15, 0.2) is 53.7 Å². The number of allylic oxidation sites excluding steroid dienone is 2. The third-order valence-corrected chi connectivity index (χ3v) is 6.15. The van der Waals surface area contributed by atoms with Gasteiger partial charge in [-0.1, -0.05) is 18.2 Å². The van der Waals surface area contributed by atoms with Crippen molar-refractivity contribution in [3.63, 3.8) is 0 Å². The standard InChI is InChI=1S/C27H31NO5/c1-5-32-20-9-6-17(7-10-20)21-15-26(30)28-22-12-19(13-23(29)27(21)22)18-8-11-24(33-16(2)3)25(14-18)31-4/h6-11,14,16,19,21H,5,12-13,15H2,1-4H3,(H,28,30). The fraction of sp³-hybridized carbons (Fsp3) is 0.407. The predicted molar refractivity (Wildman–Crippen MR) is 126 cm³/mol. The molecule has 33 heavy (non-hydrogen) atoms. The minimum absolute atomic E-state index is 0.0300. The number of methoxy groups -OCH3 is 1. The Balaban J connectivity index is 1.62. The summed E-state index contributed by atoms with van der Waals surface area (Å²) in [6, 6.07) is 13.5. The third-order valence-electron chi connectivity index (χ3n) is 6.15. The van der Waals surface area contributed by atoms with E-state index in [1.165, 1.54) is 0 Å². The zero-order valence-corrected chi connectivity index (χ0v) is 19.6. The summed E-state index contributed by atoms with van der Waals surface area (Å²) in [4.78, 5) is 25.9. The highest BCUT2D eigenvalue weighted by molar-refractivity contribution is 6.02. The SMILES string of the molecule is CCOc1ccc(C2CC(=O)NC3=C2C(=O)CC(c2ccc(OC(C)C)c(OC)c2)C3)cc1. The average Bonchev–Trinajstić information content (AvgIpc) is 2.79. The predicted octanol–water partition coefficient (Wildman–Crippen LogP) is 4.89. The topological polar surface area (TPSA) is 73.9 Å². The summed E-state index contributed by atoms with van der Waals surface area (Å²) in [6.45, 7) is 6.46. The molecule has 0 bridgehead atoms. The van der Waals surface area contributed by atoms with Gasteiger partial charge in [0.2, 0.25) is 5.91 Å². The number of nitrogens with one attached hydrogen (secondary N) is 1. The Morgan fingerprint density at radius 2 is 1.70 bits per heavy atom. The molecule has 0 saturated heterocycles. The van der Waals surface area contributed by atoms with Crippen LogP contribution in [0.4, 0.5) is 0 Å². The van der Waals surface area contributed by atoms with E-state index in [1.54, 1.807) is 7.11 Å². The number of amides is 1. The Morgan fingerprint density at radius 1 is 0.970 bits per heavy atom. The van der Waals surface area contributed by atoms with E-state index in [-0.39, 0.29) is 36.1 Å². The van der Waals surface area contributed by atoms with Crippen LogP contribution in [0.3, 0.4) is 0 Å². The first-order chi connectivity index (χ1) is 15.9. The number of carbonyl (C=O) groups is 2. The fourth-order valence-electron chi connectivity index (χ4n) is 4.73. The molecule has 0 spiro atoms. The summed E-state index contributed by atoms with van der Waals surface area (Å²) >= 11 is 0. The van der Waals surface area contributed by atoms with Gasteiger partial charge >= 0.3 is 0 Å². The highest BCUT2D eigenvalue weighted by Gasteiger charge is 2.38. The van der Waals surface area contributed by atoms with Gasteiger partial charge in [-0.25, -0.2) is 0 Å². The van der Waals surface area contributed by atoms with Gasteiger partial charge < -0.3 is 19.5 Å². The molecule has 1 aliphatic heterocycles. The maximum atomic E-state index is 13.3. The van der Waals surface area contributed by atoms with Gasteiger partial charge in [-0.3, -0.25) is 9.59 Å². The number of ketones is 1. The van der Waals surface area contributed by atoms with Crippen molar-refractivity contribution in [2.75, 3.05) is 13.7 Å². The lowest BCUT2D eigenvalue weighted by atomic mass is 9.73. The second-order valence-electron chi connectivity index (χ2n) is 8.80. The highest BCUT2D eigenvalue weighted by atomic mass is 16.5. The van der Waals surface area contributed by atoms with Crippen LogP contribution >= 0.6 is 0 Å². The zero-order chi connectivity index (χ0) is 23.5. The van der Waals surface area contributed by atoms with Gasteiger partial charge in [0.25, 0.3) is 0 Å². The summed E-state index contributed by atoms with van der Waals surface area (Å²) < 4.78 is 16.9. The Morgan fingerprint density at radius 3 is 2.36 bits per heavy atom. The van der Waals surface area contributed by atoms with Gasteiger partial charge in [0, 0.05) is 30.0 Å². The van der Waals surface area contributed by atoms with Gasteiger partial charge in [-0.2, -0.15) is 0 Å². The normalized spacial score (nSPS) is 20.4. The summed E-state index contributed by atoms with van der Waals surface area (Å²) in [6.07, 6.45) is 1.31. The lowest BCUT2D eigenvalue weighted by Gasteiger charge is -2.34. The van der Waals surface area contributed by atoms with Crippen molar-refractivity contribution in [2.45, 2.75) is 58.0 Å². The van der Waals surface area contributed by atoms with Crippen molar-refractivity contribution in [1.29, 1.82) is 0 Å². The lowest BCUT2D eigenvalue weighted by molar-refractivity contribution is -0.122. The van der Waals surface area contributed by atoms with E-state index in [2.05, 4.69) is 5.32 Å². The van der Waals surface area contributed by atoms with Gasteiger partial charge in [-0.15, -0.1) is 0 Å². The van der Waals surface area contributed by atoms with E-state index in [0.717, 1.165) is 28.1 Å². The molecule has 2 aliphatic rings. The van der Waals surface area contributed by atoms with E-state index >= 15 is 0 Å². The third kappa shape index (κ3) is 4.90. The quantitative estimate of drug-likeness (QED) is 0.652. The molecule has 0 radical (unpaired) electrons. The molecule has 0 aromatic heterocycles. The smallest absolute Gasteiger partial charge is 0.225 e. The molecule has 2 atom stereocenters. The second kappa shape index (κ2) is 9.69. The number of rotatable bonds is 7. The number of ether oxygens (including phenoxy) is 3. The molecule has 0 saturated carbocycles. The van der Waals surface area contributed by atoms with E-state index in [1.807, 2.05) is 63.2 Å². The molecule has 2 aromatic carbocycles. The summed E-state index contributed by atoms with van der Waals surface area (Å²) in [5.74, 6) is 1.88. The number of hydrogen-bond acceptors (Lipinski definition) is 5. The molecule has 2 aromatic rings. The van der Waals surface area contributed by atoms with E-state index in [9.17, 15) is 9.59 Å². The molecular weight excluding hydrogens is 418 g/mol. The van der Waals surface area contributed by atoms with Crippen LogP contribution in [0, 0.1) is 0 Å². The first-order valence-corrected chi connectivity index (χ1v) is 11.5. The van der Waals surface area contributed by atoms with Gasteiger partial charge in [0.1, 0.15) is 5.75 Å². The summed E-state index contributed by atoms with van der Waals surface area (Å²) in [7, 11) is 1.61. The largest absolute Gasteiger partial charge is 0.494 e. The molecule has 1 heterocycles. The Kier molecular flexibility index (Phi) is 6.72. The van der Waals surface area contributed by atoms with Gasteiger partial charge in [0.05, 0.1) is 19.8 Å². The van der Waals surface area contributed by atoms with Crippen LogP contribution < -0.4 is 19.5 Å². The van der Waals surface area contributed by atoms with Crippen LogP contribution in [-0.4, -0.2) is 31.5 Å². The number of Topliss-reactive ketones (excluding diaryl/α,β-unsaturated/α-hetero) is 1. The molecule has 6 nitrogen and oxygen atoms in total. The number of hydrogen-bond donors (Lipinski definition) is 1. The number of benzene rings is 2. The molecule has 6 heteroatoms. The molecule has 1 N–H and O–H groups in total. The molecule has 0 fully saturated rings. The fourth-order valence-corrected chi connectivity index (χ4v) is 4.73. The van der Waals surface area contributed by atoms with Crippen LogP contribution in [0.1, 0.15) is 63.0 Å². The van der Waals surface area contributed by atoms with Crippen LogP contribution in [0.5, 0.6) is 17.2 Å². The Bertz CT molecular complexity index is 1070. The van der Waals surface area contributed by atoms with Crippen molar-refractivity contribution in [3.05, 3.63) is 64.9 Å². The minimum Gasteiger partial charge on any atom is -0.494 e. The molecule has 4 rings (SSSR count). The Hall–Kier alpha value is -3.28. The first kappa shape index (κ1) is 22.9. The van der Waals surface area contributed by atoms with E-state index in [0.29, 0.717) is 30.9 Å². The highest BCUT2D eigenvalue weighted by Crippen LogP contribution is 2.44. The monoisotopic (exact) mass is 449 g/mol. The second-order valence-corrected chi connectivity index (χ2v) is 8.80. The van der Waals surface area contributed by atoms with Crippen LogP contribution in [-0.2, 0) is 9.59 Å². The molecule has 1 amide bonds. The van der Waals surface area contributed by atoms with Crippen molar-refractivity contribution >= 4 is 11.7 Å². The average molecular weight is 450 g/mol. The van der Waals surface area contributed by atoms with Crippen LogP contribution in [0.25, 0.3) is 0 Å². The molecular formula is C27H31NO5. The van der Waals surface area contributed by atoms with Crippen molar-refractivity contribution in [2.24, 2.45) is 0 Å². The molecule has 2 unspecified atom stereocenters. The Labute approximate surface area is 194 Å². The minimum atomic E-state index is -0.228. The van der Waals surface area contributed by atoms with Gasteiger partial charge in [0.15, 0.2) is 17.3 Å². The maximum absolute atomic E-state index is 13.3. The van der Waals surface area contributed by atoms with Crippen molar-refractivity contribution in [3.8, 4) is 17.2 Å². The lowest BCUT2D eigenvalue weighted by Crippen LogP contribution is -2.38. The van der Waals surface area contributed by atoms with Gasteiger partial charge in [-0.05, 0) is 68.5 Å². The summed E-state index contributed by atoms with van der Waals surface area (Å²) in [5.41, 5.74) is 3.44. The molecule has 174 valence electrons. The molecule has 1 aliphatic carbocycles. The van der Waals surface area contributed by atoms with Crippen molar-refractivity contribution < 1.29 is 23.8 Å². The number of carbonyl (C=O) groups excluding carboxylic acids is 2. The van der Waals surface area contributed by atoms with Crippen molar-refractivity contribution in [1.82, 2.24) is 5.32 Å². The maximum Gasteiger partial charge on any atom is 0.225 e. The van der Waals surface area contributed by atoms with Crippen LogP contribution in [0.2, 0.25) is 0 Å². The summed E-state index contributed by atoms with van der Waals surface area (Å²) in [5, 5.41) is 2.99.